The Labute approximate surface area is 145 Å². The highest BCUT2D eigenvalue weighted by molar-refractivity contribution is 7.88. The van der Waals surface area contributed by atoms with Gasteiger partial charge in [-0.25, -0.2) is 13.1 Å². The number of benzene rings is 1. The Kier molecular flexibility index (Phi) is 6.77. The van der Waals surface area contributed by atoms with Gasteiger partial charge in [0, 0.05) is 11.4 Å². The van der Waals surface area contributed by atoms with Crippen LogP contribution in [0.2, 0.25) is 0 Å². The number of hydrogen-bond acceptors (Lipinski definition) is 5. The van der Waals surface area contributed by atoms with Crippen molar-refractivity contribution < 1.29 is 17.9 Å². The van der Waals surface area contributed by atoms with Crippen LogP contribution in [0, 0.1) is 0 Å². The van der Waals surface area contributed by atoms with Crippen LogP contribution < -0.4 is 14.8 Å². The zero-order valence-electron chi connectivity index (χ0n) is 13.3. The molecular formula is C16H20N2O4S2. The molecule has 0 aliphatic carbocycles. The fourth-order valence-electron chi connectivity index (χ4n) is 1.93. The summed E-state index contributed by atoms with van der Waals surface area (Å²) >= 11 is 1.36. The van der Waals surface area contributed by atoms with Gasteiger partial charge >= 0.3 is 0 Å². The summed E-state index contributed by atoms with van der Waals surface area (Å²) in [4.78, 5) is 13.6. The molecule has 8 heteroatoms. The summed E-state index contributed by atoms with van der Waals surface area (Å²) in [6.07, 6.45) is 1.68. The van der Waals surface area contributed by atoms with E-state index in [4.69, 9.17) is 4.74 Å². The predicted molar refractivity (Wildman–Crippen MR) is 95.1 cm³/mol. The number of thiophene rings is 1. The van der Waals surface area contributed by atoms with E-state index in [1.165, 1.54) is 11.3 Å². The Morgan fingerprint density at radius 1 is 1.12 bits per heavy atom. The lowest BCUT2D eigenvalue weighted by molar-refractivity contribution is 0.0951. The summed E-state index contributed by atoms with van der Waals surface area (Å²) in [5.74, 6) is 0.613. The van der Waals surface area contributed by atoms with E-state index in [0.29, 0.717) is 31.0 Å². The van der Waals surface area contributed by atoms with Gasteiger partial charge in [0.25, 0.3) is 5.91 Å². The van der Waals surface area contributed by atoms with Crippen molar-refractivity contribution in [1.82, 2.24) is 10.0 Å². The Balaban J connectivity index is 1.71. The number of nitrogens with one attached hydrogen (secondary N) is 2. The first-order valence-corrected chi connectivity index (χ1v) is 10.1. The second-order valence-corrected chi connectivity index (χ2v) is 8.10. The number of rotatable bonds is 9. The van der Waals surface area contributed by atoms with Crippen LogP contribution in [-0.2, 0) is 16.4 Å². The van der Waals surface area contributed by atoms with Crippen LogP contribution >= 0.6 is 11.3 Å². The zero-order chi connectivity index (χ0) is 17.4. The Bertz CT molecular complexity index is 757. The maximum absolute atomic E-state index is 12.0. The molecule has 2 aromatic rings. The van der Waals surface area contributed by atoms with Gasteiger partial charge in [-0.1, -0.05) is 18.2 Å². The molecule has 6 nitrogen and oxygen atoms in total. The van der Waals surface area contributed by atoms with Gasteiger partial charge in [-0.15, -0.1) is 11.3 Å². The van der Waals surface area contributed by atoms with Crippen molar-refractivity contribution in [3.8, 4) is 5.75 Å². The molecule has 0 aliphatic rings. The second kappa shape index (κ2) is 8.81. The normalized spacial score (nSPS) is 11.2. The van der Waals surface area contributed by atoms with Gasteiger partial charge in [0.1, 0.15) is 12.4 Å². The Hall–Kier alpha value is -1.90. The van der Waals surface area contributed by atoms with Crippen LogP contribution in [-0.4, -0.2) is 40.3 Å². The molecule has 0 unspecified atom stereocenters. The average molecular weight is 368 g/mol. The third kappa shape index (κ3) is 6.69. The van der Waals surface area contributed by atoms with E-state index in [0.717, 1.165) is 16.9 Å². The van der Waals surface area contributed by atoms with Crippen LogP contribution in [0.1, 0.15) is 14.5 Å². The molecule has 0 saturated carbocycles. The first-order valence-electron chi connectivity index (χ1n) is 7.43. The lowest BCUT2D eigenvalue weighted by Gasteiger charge is -2.06. The van der Waals surface area contributed by atoms with Gasteiger partial charge < -0.3 is 10.1 Å². The number of sulfonamides is 1. The van der Waals surface area contributed by atoms with E-state index in [1.54, 1.807) is 6.07 Å². The molecule has 1 heterocycles. The highest BCUT2D eigenvalue weighted by Gasteiger charge is 2.09. The summed E-state index contributed by atoms with van der Waals surface area (Å²) in [5.41, 5.74) is 0. The van der Waals surface area contributed by atoms with Crippen molar-refractivity contribution in [1.29, 1.82) is 0 Å². The molecule has 2 N–H and O–H groups in total. The van der Waals surface area contributed by atoms with Gasteiger partial charge in [-0.05, 0) is 30.7 Å². The van der Waals surface area contributed by atoms with Crippen molar-refractivity contribution in [2.75, 3.05) is 26.0 Å². The largest absolute Gasteiger partial charge is 0.492 e. The fraction of sp³-hybridized carbons (Fsp3) is 0.312. The monoisotopic (exact) mass is 368 g/mol. The molecule has 24 heavy (non-hydrogen) atoms. The lowest BCUT2D eigenvalue weighted by atomic mass is 10.3. The van der Waals surface area contributed by atoms with Crippen LogP contribution in [0.4, 0.5) is 0 Å². The summed E-state index contributed by atoms with van der Waals surface area (Å²) in [7, 11) is -3.18. The smallest absolute Gasteiger partial charge is 0.261 e. The number of carbonyl (C=O) groups excluding carboxylic acids is 1. The average Bonchev–Trinajstić information content (AvgIpc) is 3.00. The molecule has 0 bridgehead atoms. The summed E-state index contributed by atoms with van der Waals surface area (Å²) in [6.45, 7) is 1.13. The highest BCUT2D eigenvalue weighted by Crippen LogP contribution is 2.16. The quantitative estimate of drug-likeness (QED) is 0.659. The van der Waals surface area contributed by atoms with Crippen molar-refractivity contribution >= 4 is 27.3 Å². The molecule has 1 aromatic heterocycles. The number of ether oxygens (including phenoxy) is 1. The number of para-hydroxylation sites is 1. The molecule has 130 valence electrons. The molecule has 1 aromatic carbocycles. The van der Waals surface area contributed by atoms with Crippen molar-refractivity contribution in [3.05, 3.63) is 52.2 Å². The molecule has 0 radical (unpaired) electrons. The van der Waals surface area contributed by atoms with Crippen LogP contribution in [0.3, 0.4) is 0 Å². The lowest BCUT2D eigenvalue weighted by Crippen LogP contribution is -2.27. The Morgan fingerprint density at radius 3 is 2.58 bits per heavy atom. The molecule has 2 rings (SSSR count). The molecule has 0 fully saturated rings. The molecule has 0 saturated heterocycles. The Morgan fingerprint density at radius 2 is 1.88 bits per heavy atom. The highest BCUT2D eigenvalue weighted by atomic mass is 32.2. The van der Waals surface area contributed by atoms with Crippen LogP contribution in [0.15, 0.2) is 42.5 Å². The first-order chi connectivity index (χ1) is 11.4. The van der Waals surface area contributed by atoms with Crippen molar-refractivity contribution in [2.24, 2.45) is 0 Å². The maximum Gasteiger partial charge on any atom is 0.261 e. The fourth-order valence-corrected chi connectivity index (χ4v) is 3.33. The molecule has 0 aliphatic heterocycles. The van der Waals surface area contributed by atoms with Gasteiger partial charge in [-0.3, -0.25) is 4.79 Å². The minimum atomic E-state index is -3.18. The van der Waals surface area contributed by atoms with Gasteiger partial charge in [0.2, 0.25) is 10.0 Å². The van der Waals surface area contributed by atoms with Crippen molar-refractivity contribution in [3.63, 3.8) is 0 Å². The minimum Gasteiger partial charge on any atom is -0.492 e. The van der Waals surface area contributed by atoms with Gasteiger partial charge in [0.05, 0.1) is 17.7 Å². The van der Waals surface area contributed by atoms with Gasteiger partial charge in [0.15, 0.2) is 0 Å². The molecule has 0 atom stereocenters. The predicted octanol–water partition coefficient (Wildman–Crippen LogP) is 1.65. The van der Waals surface area contributed by atoms with Crippen LogP contribution in [0.25, 0.3) is 0 Å². The third-order valence-electron chi connectivity index (χ3n) is 3.02. The molecular weight excluding hydrogens is 348 g/mol. The number of carbonyl (C=O) groups is 1. The van der Waals surface area contributed by atoms with E-state index in [-0.39, 0.29) is 5.91 Å². The minimum absolute atomic E-state index is 0.154. The zero-order valence-corrected chi connectivity index (χ0v) is 15.0. The number of amides is 1. The second-order valence-electron chi connectivity index (χ2n) is 5.10. The van der Waals surface area contributed by atoms with E-state index >= 15 is 0 Å². The third-order valence-corrected chi connectivity index (χ3v) is 4.89. The standard InChI is InChI=1S/C16H20N2O4S2/c1-24(20,21)18-10-9-14-7-8-15(23-14)16(19)17-11-12-22-13-5-3-2-4-6-13/h2-8,18H,9-12H2,1H3,(H,17,19). The van der Waals surface area contributed by atoms with E-state index in [1.807, 2.05) is 36.4 Å². The van der Waals surface area contributed by atoms with Gasteiger partial charge in [-0.2, -0.15) is 0 Å². The topological polar surface area (TPSA) is 84.5 Å². The number of hydrogen-bond donors (Lipinski definition) is 2. The summed E-state index contributed by atoms with van der Waals surface area (Å²) in [6, 6.07) is 13.0. The molecule has 1 amide bonds. The summed E-state index contributed by atoms with van der Waals surface area (Å²) < 4.78 is 29.9. The van der Waals surface area contributed by atoms with E-state index < -0.39 is 10.0 Å². The SMILES string of the molecule is CS(=O)(=O)NCCc1ccc(C(=O)NCCOc2ccccc2)s1. The van der Waals surface area contributed by atoms with E-state index in [2.05, 4.69) is 10.0 Å². The summed E-state index contributed by atoms with van der Waals surface area (Å²) in [5, 5.41) is 2.80. The van der Waals surface area contributed by atoms with Crippen LogP contribution in [0.5, 0.6) is 5.75 Å². The van der Waals surface area contributed by atoms with Crippen molar-refractivity contribution in [2.45, 2.75) is 6.42 Å². The van der Waals surface area contributed by atoms with E-state index in [9.17, 15) is 13.2 Å². The maximum atomic E-state index is 12.0. The first kappa shape index (κ1) is 18.4. The molecule has 0 spiro atoms.